The van der Waals surface area contributed by atoms with Crippen LogP contribution in [-0.2, 0) is 32.2 Å². The van der Waals surface area contributed by atoms with Crippen LogP contribution in [0.15, 0.2) is 72.8 Å². The third kappa shape index (κ3) is 10.9. The van der Waals surface area contributed by atoms with E-state index in [9.17, 15) is 14.7 Å². The maximum atomic E-state index is 12.4. The van der Waals surface area contributed by atoms with E-state index in [4.69, 9.17) is 14.7 Å². The highest BCUT2D eigenvalue weighted by Crippen LogP contribution is 2.39. The first-order valence-corrected chi connectivity index (χ1v) is 19.3. The minimum atomic E-state index is -0.489. The summed E-state index contributed by atoms with van der Waals surface area (Å²) in [6.07, 6.45) is 9.27. The van der Waals surface area contributed by atoms with Crippen molar-refractivity contribution >= 4 is 11.8 Å². The number of hydrogen-bond acceptors (Lipinski definition) is 8. The van der Waals surface area contributed by atoms with Crippen molar-refractivity contribution in [2.75, 3.05) is 32.7 Å². The molecule has 0 radical (unpaired) electrons. The molecule has 3 aliphatic rings. The van der Waals surface area contributed by atoms with Gasteiger partial charge in [0.05, 0.1) is 18.8 Å². The van der Waals surface area contributed by atoms with Gasteiger partial charge in [0.1, 0.15) is 0 Å². The maximum Gasteiger partial charge on any atom is 0.243 e. The molecule has 0 bridgehead atoms. The average molecular weight is 713 g/mol. The number of likely N-dealkylation sites (tertiary alicyclic amines) is 2. The van der Waals surface area contributed by atoms with Gasteiger partial charge in [-0.25, -0.2) is 5.48 Å². The number of hydroxylamine groups is 1. The van der Waals surface area contributed by atoms with Crippen LogP contribution >= 0.6 is 0 Å². The van der Waals surface area contributed by atoms with Crippen molar-refractivity contribution in [3.63, 3.8) is 0 Å². The molecule has 3 aromatic rings. The number of aliphatic hydroxyl groups is 1. The van der Waals surface area contributed by atoms with E-state index in [1.54, 1.807) is 5.48 Å². The van der Waals surface area contributed by atoms with Crippen molar-refractivity contribution in [2.45, 2.75) is 108 Å². The van der Waals surface area contributed by atoms with Gasteiger partial charge in [-0.15, -0.1) is 0 Å². The highest BCUT2D eigenvalue weighted by Gasteiger charge is 2.36. The Bertz CT molecular complexity index is 1560. The molecule has 3 aliphatic heterocycles. The monoisotopic (exact) mass is 712 g/mol. The average Bonchev–Trinajstić information content (AvgIpc) is 3.87. The summed E-state index contributed by atoms with van der Waals surface area (Å²) < 4.78 is 13.4. The van der Waals surface area contributed by atoms with Gasteiger partial charge in [-0.3, -0.25) is 19.7 Å². The van der Waals surface area contributed by atoms with E-state index in [0.717, 1.165) is 78.7 Å². The van der Waals surface area contributed by atoms with Gasteiger partial charge in [-0.2, -0.15) is 0 Å². The number of carbonyl (C=O) groups excluding carboxylic acids is 2. The lowest BCUT2D eigenvalue weighted by Crippen LogP contribution is -2.45. The van der Waals surface area contributed by atoms with Crippen LogP contribution in [0.3, 0.4) is 0 Å². The summed E-state index contributed by atoms with van der Waals surface area (Å²) >= 11 is 0. The van der Waals surface area contributed by atoms with Crippen molar-refractivity contribution in [1.29, 1.82) is 0 Å². The summed E-state index contributed by atoms with van der Waals surface area (Å²) in [4.78, 5) is 28.8. The predicted molar refractivity (Wildman–Crippen MR) is 200 cm³/mol. The summed E-state index contributed by atoms with van der Waals surface area (Å²) in [6, 6.07) is 25.4. The zero-order valence-electron chi connectivity index (χ0n) is 30.4. The van der Waals surface area contributed by atoms with E-state index in [1.807, 2.05) is 24.3 Å². The Morgan fingerprint density at radius 1 is 0.750 bits per heavy atom. The summed E-state index contributed by atoms with van der Waals surface area (Å²) in [5, 5.41) is 21.2. The molecule has 52 heavy (non-hydrogen) atoms. The zero-order chi connectivity index (χ0) is 36.1. The van der Waals surface area contributed by atoms with Crippen LogP contribution in [0.1, 0.15) is 105 Å². The summed E-state index contributed by atoms with van der Waals surface area (Å²) in [6.45, 7) is 6.11. The van der Waals surface area contributed by atoms with Crippen molar-refractivity contribution in [2.24, 2.45) is 0 Å². The van der Waals surface area contributed by atoms with E-state index in [0.29, 0.717) is 31.8 Å². The fourth-order valence-corrected chi connectivity index (χ4v) is 7.86. The van der Waals surface area contributed by atoms with Crippen molar-refractivity contribution < 1.29 is 29.4 Å². The van der Waals surface area contributed by atoms with Crippen LogP contribution in [0.25, 0.3) is 11.1 Å². The van der Waals surface area contributed by atoms with Gasteiger partial charge in [0.2, 0.25) is 11.8 Å². The molecule has 10 nitrogen and oxygen atoms in total. The Kier molecular flexibility index (Phi) is 14.2. The number of unbranched alkanes of at least 4 members (excludes halogenated alkanes) is 3. The second-order valence-corrected chi connectivity index (χ2v) is 14.7. The Hall–Kier alpha value is -3.64. The minimum absolute atomic E-state index is 0.0168. The fourth-order valence-electron chi connectivity index (χ4n) is 7.86. The quantitative estimate of drug-likeness (QED) is 0.0720. The molecule has 3 fully saturated rings. The Labute approximate surface area is 308 Å². The number of benzene rings is 3. The first kappa shape index (κ1) is 38.1. The largest absolute Gasteiger partial charge is 0.392 e. The Morgan fingerprint density at radius 2 is 1.48 bits per heavy atom. The van der Waals surface area contributed by atoms with Gasteiger partial charge in [0, 0.05) is 50.5 Å². The number of rotatable bonds is 17. The molecule has 0 spiro atoms. The molecule has 4 unspecified atom stereocenters. The molecular weight excluding hydrogens is 656 g/mol. The van der Waals surface area contributed by atoms with Crippen LogP contribution in [0.5, 0.6) is 0 Å². The van der Waals surface area contributed by atoms with E-state index >= 15 is 0 Å². The van der Waals surface area contributed by atoms with Gasteiger partial charge in [0.25, 0.3) is 0 Å². The zero-order valence-corrected chi connectivity index (χ0v) is 30.4. The third-order valence-corrected chi connectivity index (χ3v) is 10.8. The molecule has 3 aromatic carbocycles. The van der Waals surface area contributed by atoms with Crippen LogP contribution in [0, 0.1) is 0 Å². The molecule has 10 heteroatoms. The highest BCUT2D eigenvalue weighted by molar-refractivity contribution is 5.76. The summed E-state index contributed by atoms with van der Waals surface area (Å²) in [7, 11) is 0. The number of hydrogen-bond donors (Lipinski definition) is 4. The topological polar surface area (TPSA) is 124 Å². The smallest absolute Gasteiger partial charge is 0.243 e. The predicted octanol–water partition coefficient (Wildman–Crippen LogP) is 6.41. The molecule has 3 saturated heterocycles. The molecule has 0 aliphatic carbocycles. The lowest BCUT2D eigenvalue weighted by Gasteiger charge is -2.39. The van der Waals surface area contributed by atoms with E-state index in [-0.39, 0.29) is 30.6 Å². The van der Waals surface area contributed by atoms with Crippen molar-refractivity contribution in [3.8, 4) is 11.1 Å². The molecule has 0 aromatic heterocycles. The number of nitrogens with one attached hydrogen (secondary N) is 2. The van der Waals surface area contributed by atoms with Gasteiger partial charge < -0.3 is 24.8 Å². The van der Waals surface area contributed by atoms with Gasteiger partial charge >= 0.3 is 0 Å². The number of carbonyl (C=O) groups is 2. The van der Waals surface area contributed by atoms with Crippen molar-refractivity contribution in [1.82, 2.24) is 20.6 Å². The molecule has 6 rings (SSSR count). The molecule has 2 amide bonds. The van der Waals surface area contributed by atoms with Crippen LogP contribution in [0.2, 0.25) is 0 Å². The molecule has 3 heterocycles. The van der Waals surface area contributed by atoms with E-state index < -0.39 is 6.29 Å². The lowest BCUT2D eigenvalue weighted by molar-refractivity contribution is -0.253. The highest BCUT2D eigenvalue weighted by atomic mass is 16.7. The second kappa shape index (κ2) is 19.4. The normalized spacial score (nSPS) is 22.4. The van der Waals surface area contributed by atoms with Crippen LogP contribution in [-0.4, -0.2) is 76.8 Å². The molecule has 280 valence electrons. The number of aliphatic hydroxyl groups excluding tert-OH is 1. The first-order valence-electron chi connectivity index (χ1n) is 19.3. The van der Waals surface area contributed by atoms with E-state index in [1.165, 1.54) is 38.8 Å². The number of amides is 2. The SMILES string of the molecule is O=C(CCCCCCC(=O)NCc1cccc(-c2ccc(C3OC(CN4CCCC4CN4CCCC4)CC(c4ccc(CO)cc4)O3)cc2)c1)NO. The second-order valence-electron chi connectivity index (χ2n) is 14.7. The third-order valence-electron chi connectivity index (χ3n) is 10.8. The summed E-state index contributed by atoms with van der Waals surface area (Å²) in [5.41, 5.74) is 7.82. The van der Waals surface area contributed by atoms with Crippen LogP contribution in [0.4, 0.5) is 0 Å². The molecule has 0 saturated carbocycles. The Morgan fingerprint density at radius 3 is 2.21 bits per heavy atom. The van der Waals surface area contributed by atoms with Gasteiger partial charge in [-0.1, -0.05) is 79.6 Å². The standard InChI is InChI=1S/C42H56N4O6/c47-30-31-14-16-34(17-15-31)39-26-38(29-46-24-8-11-37(46)28-45-22-5-6-23-45)51-42(52-39)35-20-18-33(19-21-35)36-10-7-9-32(25-36)27-43-40(48)12-3-1-2-4-13-41(49)44-50/h7,9-10,14-21,25,37-39,42,47,50H,1-6,8,11-13,22-24,26-30H2,(H,43,48)(H,44,49). The molecule has 4 atom stereocenters. The maximum absolute atomic E-state index is 12.4. The van der Waals surface area contributed by atoms with Gasteiger partial charge in [0.15, 0.2) is 6.29 Å². The Balaban J connectivity index is 1.06. The lowest BCUT2D eigenvalue weighted by atomic mass is 9.98. The first-order chi connectivity index (χ1) is 25.5. The van der Waals surface area contributed by atoms with Crippen molar-refractivity contribution in [3.05, 3.63) is 95.1 Å². The molecular formula is C42H56N4O6. The van der Waals surface area contributed by atoms with Crippen LogP contribution < -0.4 is 10.8 Å². The fraction of sp³-hybridized carbons (Fsp3) is 0.524. The van der Waals surface area contributed by atoms with Gasteiger partial charge in [-0.05, 0) is 92.0 Å². The number of ether oxygens (including phenoxy) is 2. The molecule has 4 N–H and O–H groups in total. The minimum Gasteiger partial charge on any atom is -0.392 e. The van der Waals surface area contributed by atoms with E-state index in [2.05, 4.69) is 63.6 Å². The summed E-state index contributed by atoms with van der Waals surface area (Å²) in [5.74, 6) is -0.357. The number of nitrogens with zero attached hydrogens (tertiary/aromatic N) is 2.